The molecule has 1 unspecified atom stereocenters. The van der Waals surface area contributed by atoms with Crippen molar-refractivity contribution in [1.29, 1.82) is 5.26 Å². The van der Waals surface area contributed by atoms with E-state index in [0.717, 1.165) is 24.1 Å². The number of alkyl halides is 3. The third-order valence-electron chi connectivity index (χ3n) is 3.94. The molecule has 0 spiro atoms. The van der Waals surface area contributed by atoms with E-state index in [0.29, 0.717) is 13.1 Å². The van der Waals surface area contributed by atoms with Crippen LogP contribution in [0.25, 0.3) is 0 Å². The predicted molar refractivity (Wildman–Crippen MR) is 77.8 cm³/mol. The lowest BCUT2D eigenvalue weighted by atomic mass is 10.00. The van der Waals surface area contributed by atoms with Crippen LogP contribution in [-0.2, 0) is 6.18 Å². The highest BCUT2D eigenvalue weighted by Crippen LogP contribution is 2.34. The van der Waals surface area contributed by atoms with Gasteiger partial charge < -0.3 is 4.90 Å². The van der Waals surface area contributed by atoms with Crippen LogP contribution in [0.3, 0.4) is 0 Å². The van der Waals surface area contributed by atoms with Gasteiger partial charge in [-0.3, -0.25) is 4.98 Å². The van der Waals surface area contributed by atoms with Crippen molar-refractivity contribution >= 4 is 5.82 Å². The Morgan fingerprint density at radius 1 is 1.22 bits per heavy atom. The van der Waals surface area contributed by atoms with Crippen LogP contribution in [0.2, 0.25) is 0 Å². The summed E-state index contributed by atoms with van der Waals surface area (Å²) in [5, 5.41) is 8.92. The molecule has 1 saturated heterocycles. The van der Waals surface area contributed by atoms with Gasteiger partial charge in [-0.1, -0.05) is 0 Å². The number of hydrogen-bond donors (Lipinski definition) is 0. The van der Waals surface area contributed by atoms with Crippen LogP contribution >= 0.6 is 0 Å². The minimum Gasteiger partial charge on any atom is -0.356 e. The molecule has 0 bridgehead atoms. The standard InChI is InChI=1S/C16H13F3N4/c17-16(18,19)13-7-14(9-20)22-15(8-13)23-6-3-12(10-23)11-1-4-21-5-2-11/h1-2,4-5,7-8,12H,3,6,10H2. The molecule has 0 aromatic carbocycles. The van der Waals surface area contributed by atoms with Gasteiger partial charge in [0.25, 0.3) is 0 Å². The third kappa shape index (κ3) is 3.26. The number of nitrogens with zero attached hydrogens (tertiary/aromatic N) is 4. The van der Waals surface area contributed by atoms with Gasteiger partial charge in [-0.2, -0.15) is 18.4 Å². The number of halogens is 3. The number of aromatic nitrogens is 2. The van der Waals surface area contributed by atoms with E-state index in [1.807, 2.05) is 12.1 Å². The second kappa shape index (κ2) is 5.88. The van der Waals surface area contributed by atoms with Gasteiger partial charge in [-0.15, -0.1) is 0 Å². The maximum Gasteiger partial charge on any atom is 0.416 e. The van der Waals surface area contributed by atoms with E-state index in [1.54, 1.807) is 23.4 Å². The Bertz CT molecular complexity index is 737. The normalized spacial score (nSPS) is 18.0. The zero-order chi connectivity index (χ0) is 16.4. The largest absolute Gasteiger partial charge is 0.416 e. The summed E-state index contributed by atoms with van der Waals surface area (Å²) in [4.78, 5) is 9.79. The first-order valence-electron chi connectivity index (χ1n) is 7.11. The smallest absolute Gasteiger partial charge is 0.356 e. The van der Waals surface area contributed by atoms with Crippen molar-refractivity contribution in [3.63, 3.8) is 0 Å². The lowest BCUT2D eigenvalue weighted by molar-refractivity contribution is -0.137. The van der Waals surface area contributed by atoms with Crippen LogP contribution in [-0.4, -0.2) is 23.1 Å². The predicted octanol–water partition coefficient (Wildman–Crippen LogP) is 3.36. The Morgan fingerprint density at radius 3 is 2.61 bits per heavy atom. The summed E-state index contributed by atoms with van der Waals surface area (Å²) in [6.07, 6.45) is -0.264. The Morgan fingerprint density at radius 2 is 1.96 bits per heavy atom. The molecule has 3 heterocycles. The number of anilines is 1. The van der Waals surface area contributed by atoms with E-state index in [2.05, 4.69) is 9.97 Å². The highest BCUT2D eigenvalue weighted by atomic mass is 19.4. The summed E-state index contributed by atoms with van der Waals surface area (Å²) in [6, 6.07) is 7.31. The highest BCUT2D eigenvalue weighted by Gasteiger charge is 2.33. The Balaban J connectivity index is 1.87. The van der Waals surface area contributed by atoms with E-state index < -0.39 is 11.7 Å². The maximum absolute atomic E-state index is 13.0. The fraction of sp³-hybridized carbons (Fsp3) is 0.312. The molecule has 0 saturated carbocycles. The van der Waals surface area contributed by atoms with Crippen LogP contribution in [0.5, 0.6) is 0 Å². The zero-order valence-electron chi connectivity index (χ0n) is 12.1. The Hall–Kier alpha value is -2.62. The van der Waals surface area contributed by atoms with Crippen LogP contribution in [0.15, 0.2) is 36.7 Å². The van der Waals surface area contributed by atoms with Crippen molar-refractivity contribution in [2.75, 3.05) is 18.0 Å². The van der Waals surface area contributed by atoms with Gasteiger partial charge in [0.2, 0.25) is 0 Å². The van der Waals surface area contributed by atoms with Crippen LogP contribution in [0.1, 0.15) is 29.2 Å². The fourth-order valence-corrected chi connectivity index (χ4v) is 2.77. The van der Waals surface area contributed by atoms with Crippen LogP contribution < -0.4 is 4.90 Å². The topological polar surface area (TPSA) is 52.8 Å². The number of nitriles is 1. The van der Waals surface area contributed by atoms with E-state index >= 15 is 0 Å². The van der Waals surface area contributed by atoms with Gasteiger partial charge in [-0.25, -0.2) is 4.98 Å². The molecule has 1 aliphatic rings. The van der Waals surface area contributed by atoms with Crippen molar-refractivity contribution in [3.05, 3.63) is 53.5 Å². The fourth-order valence-electron chi connectivity index (χ4n) is 2.77. The minimum atomic E-state index is -4.49. The lowest BCUT2D eigenvalue weighted by Gasteiger charge is -2.19. The molecule has 1 atom stereocenters. The average molecular weight is 318 g/mol. The molecule has 0 aliphatic carbocycles. The summed E-state index contributed by atoms with van der Waals surface area (Å²) >= 11 is 0. The second-order valence-corrected chi connectivity index (χ2v) is 5.42. The third-order valence-corrected chi connectivity index (χ3v) is 3.94. The van der Waals surface area contributed by atoms with Crippen LogP contribution in [0, 0.1) is 11.3 Å². The molecule has 0 N–H and O–H groups in total. The molecule has 2 aromatic rings. The van der Waals surface area contributed by atoms with Crippen molar-refractivity contribution in [1.82, 2.24) is 9.97 Å². The summed E-state index contributed by atoms with van der Waals surface area (Å²) in [7, 11) is 0. The molecule has 7 heteroatoms. The van der Waals surface area contributed by atoms with E-state index in [-0.39, 0.29) is 17.4 Å². The number of rotatable bonds is 2. The Labute approximate surface area is 131 Å². The van der Waals surface area contributed by atoms with Gasteiger partial charge in [0, 0.05) is 31.4 Å². The van der Waals surface area contributed by atoms with E-state index in [9.17, 15) is 13.2 Å². The molecule has 4 nitrogen and oxygen atoms in total. The van der Waals surface area contributed by atoms with Crippen molar-refractivity contribution in [2.24, 2.45) is 0 Å². The maximum atomic E-state index is 13.0. The van der Waals surface area contributed by atoms with Gasteiger partial charge in [0.15, 0.2) is 0 Å². The molecule has 118 valence electrons. The molecular formula is C16H13F3N4. The molecule has 3 rings (SSSR count). The molecule has 1 fully saturated rings. The van der Waals surface area contributed by atoms with Crippen molar-refractivity contribution in [3.8, 4) is 6.07 Å². The van der Waals surface area contributed by atoms with Gasteiger partial charge in [-0.05, 0) is 36.2 Å². The molecule has 2 aromatic heterocycles. The van der Waals surface area contributed by atoms with Crippen LogP contribution in [0.4, 0.5) is 19.0 Å². The molecular weight excluding hydrogens is 305 g/mol. The summed E-state index contributed by atoms with van der Waals surface area (Å²) in [5.41, 5.74) is 0.0450. The number of hydrogen-bond acceptors (Lipinski definition) is 4. The Kier molecular flexibility index (Phi) is 3.90. The zero-order valence-corrected chi connectivity index (χ0v) is 12.1. The first-order valence-corrected chi connectivity index (χ1v) is 7.11. The summed E-state index contributed by atoms with van der Waals surface area (Å²) < 4.78 is 38.9. The first-order chi connectivity index (χ1) is 11.0. The van der Waals surface area contributed by atoms with E-state index in [4.69, 9.17) is 5.26 Å². The van der Waals surface area contributed by atoms with Gasteiger partial charge >= 0.3 is 6.18 Å². The van der Waals surface area contributed by atoms with Gasteiger partial charge in [0.05, 0.1) is 5.56 Å². The summed E-state index contributed by atoms with van der Waals surface area (Å²) in [6.45, 7) is 1.18. The molecule has 23 heavy (non-hydrogen) atoms. The monoisotopic (exact) mass is 318 g/mol. The first kappa shape index (κ1) is 15.3. The second-order valence-electron chi connectivity index (χ2n) is 5.42. The average Bonchev–Trinajstić information content (AvgIpc) is 3.04. The quantitative estimate of drug-likeness (QED) is 0.852. The molecule has 1 aliphatic heterocycles. The summed E-state index contributed by atoms with van der Waals surface area (Å²) in [5.74, 6) is 0.424. The van der Waals surface area contributed by atoms with Crippen molar-refractivity contribution in [2.45, 2.75) is 18.5 Å². The number of pyridine rings is 2. The van der Waals surface area contributed by atoms with Gasteiger partial charge in [0.1, 0.15) is 17.6 Å². The SMILES string of the molecule is N#Cc1cc(C(F)(F)F)cc(N2CCC(c3ccncc3)C2)n1. The van der Waals surface area contributed by atoms with E-state index in [1.165, 1.54) is 0 Å². The molecule has 0 amide bonds. The minimum absolute atomic E-state index is 0.202. The molecule has 0 radical (unpaired) electrons. The lowest BCUT2D eigenvalue weighted by Crippen LogP contribution is -2.21. The highest BCUT2D eigenvalue weighted by molar-refractivity contribution is 5.47. The van der Waals surface area contributed by atoms with Crippen molar-refractivity contribution < 1.29 is 13.2 Å².